The minimum atomic E-state index is 0.645. The summed E-state index contributed by atoms with van der Waals surface area (Å²) in [5.74, 6) is 2.16. The predicted molar refractivity (Wildman–Crippen MR) is 78.2 cm³/mol. The third kappa shape index (κ3) is 3.59. The number of likely N-dealkylation sites (N-methyl/N-ethyl adjacent to an activating group) is 1. The second-order valence-corrected chi connectivity index (χ2v) is 5.56. The van der Waals surface area contributed by atoms with Crippen LogP contribution in [0.2, 0.25) is 0 Å². The second kappa shape index (κ2) is 6.55. The SMILES string of the molecule is CCN1CCN(Cc2cc(C)c(CNC)o2)CC1C. The van der Waals surface area contributed by atoms with E-state index in [0.717, 1.165) is 44.2 Å². The number of piperazine rings is 1. The Morgan fingerprint density at radius 1 is 1.42 bits per heavy atom. The predicted octanol–water partition coefficient (Wildman–Crippen LogP) is 1.83. The highest BCUT2D eigenvalue weighted by Gasteiger charge is 2.23. The molecule has 2 heterocycles. The van der Waals surface area contributed by atoms with Crippen molar-refractivity contribution in [2.45, 2.75) is 39.9 Å². The molecule has 0 amide bonds. The lowest BCUT2D eigenvalue weighted by Gasteiger charge is -2.38. The van der Waals surface area contributed by atoms with Crippen LogP contribution in [0.1, 0.15) is 30.9 Å². The first-order chi connectivity index (χ1) is 9.13. The Hall–Kier alpha value is -0.840. The fourth-order valence-corrected chi connectivity index (χ4v) is 2.91. The number of hydrogen-bond donors (Lipinski definition) is 1. The molecular formula is C15H27N3O. The summed E-state index contributed by atoms with van der Waals surface area (Å²) in [5.41, 5.74) is 1.25. The Labute approximate surface area is 116 Å². The van der Waals surface area contributed by atoms with Crippen LogP contribution in [0.15, 0.2) is 10.5 Å². The third-order valence-electron chi connectivity index (χ3n) is 4.04. The lowest BCUT2D eigenvalue weighted by molar-refractivity contribution is 0.0787. The smallest absolute Gasteiger partial charge is 0.120 e. The van der Waals surface area contributed by atoms with Crippen molar-refractivity contribution in [1.29, 1.82) is 0 Å². The third-order valence-corrected chi connectivity index (χ3v) is 4.04. The van der Waals surface area contributed by atoms with Crippen molar-refractivity contribution in [2.24, 2.45) is 0 Å². The first-order valence-electron chi connectivity index (χ1n) is 7.33. The van der Waals surface area contributed by atoms with Crippen LogP contribution in [-0.2, 0) is 13.1 Å². The van der Waals surface area contributed by atoms with E-state index >= 15 is 0 Å². The molecule has 108 valence electrons. The van der Waals surface area contributed by atoms with Crippen molar-refractivity contribution in [3.8, 4) is 0 Å². The van der Waals surface area contributed by atoms with Crippen molar-refractivity contribution in [3.05, 3.63) is 23.2 Å². The van der Waals surface area contributed by atoms with Crippen LogP contribution in [0.5, 0.6) is 0 Å². The Balaban J connectivity index is 1.93. The summed E-state index contributed by atoms with van der Waals surface area (Å²) < 4.78 is 5.93. The van der Waals surface area contributed by atoms with E-state index in [2.05, 4.69) is 42.0 Å². The molecule has 1 unspecified atom stereocenters. The molecule has 0 spiro atoms. The molecule has 1 atom stereocenters. The number of nitrogens with one attached hydrogen (secondary N) is 1. The van der Waals surface area contributed by atoms with E-state index in [0.29, 0.717) is 6.04 Å². The standard InChI is InChI=1S/C15H27N3O/c1-5-18-7-6-17(10-13(18)3)11-14-8-12(2)15(19-14)9-16-4/h8,13,16H,5-7,9-11H2,1-4H3. The number of furan rings is 1. The summed E-state index contributed by atoms with van der Waals surface area (Å²) in [4.78, 5) is 5.04. The fraction of sp³-hybridized carbons (Fsp3) is 0.733. The number of rotatable bonds is 5. The van der Waals surface area contributed by atoms with Crippen LogP contribution in [0.25, 0.3) is 0 Å². The summed E-state index contributed by atoms with van der Waals surface area (Å²) in [6.45, 7) is 13.0. The summed E-state index contributed by atoms with van der Waals surface area (Å²) >= 11 is 0. The van der Waals surface area contributed by atoms with Gasteiger partial charge in [0.25, 0.3) is 0 Å². The van der Waals surface area contributed by atoms with Gasteiger partial charge in [0.2, 0.25) is 0 Å². The molecule has 0 radical (unpaired) electrons. The molecule has 1 N–H and O–H groups in total. The lowest BCUT2D eigenvalue weighted by atomic mass is 10.2. The highest BCUT2D eigenvalue weighted by molar-refractivity contribution is 5.20. The van der Waals surface area contributed by atoms with Gasteiger partial charge in [0.05, 0.1) is 13.1 Å². The molecule has 1 aliphatic heterocycles. The average molecular weight is 265 g/mol. The van der Waals surface area contributed by atoms with Crippen molar-refractivity contribution in [1.82, 2.24) is 15.1 Å². The van der Waals surface area contributed by atoms with Gasteiger partial charge in [0.1, 0.15) is 11.5 Å². The molecule has 0 saturated carbocycles. The van der Waals surface area contributed by atoms with Gasteiger partial charge in [0, 0.05) is 25.7 Å². The van der Waals surface area contributed by atoms with Crippen LogP contribution in [-0.4, -0.2) is 49.1 Å². The Morgan fingerprint density at radius 3 is 2.84 bits per heavy atom. The second-order valence-electron chi connectivity index (χ2n) is 5.56. The van der Waals surface area contributed by atoms with E-state index in [1.165, 1.54) is 12.1 Å². The van der Waals surface area contributed by atoms with Crippen molar-refractivity contribution in [3.63, 3.8) is 0 Å². The Morgan fingerprint density at radius 2 is 2.21 bits per heavy atom. The van der Waals surface area contributed by atoms with Crippen LogP contribution in [0, 0.1) is 6.92 Å². The number of nitrogens with zero attached hydrogens (tertiary/aromatic N) is 2. The summed E-state index contributed by atoms with van der Waals surface area (Å²) in [6.07, 6.45) is 0. The maximum atomic E-state index is 5.93. The normalized spacial score (nSPS) is 22.0. The summed E-state index contributed by atoms with van der Waals surface area (Å²) in [5, 5.41) is 3.15. The van der Waals surface area contributed by atoms with Gasteiger partial charge < -0.3 is 9.73 Å². The molecule has 19 heavy (non-hydrogen) atoms. The molecule has 0 aromatic carbocycles. The van der Waals surface area contributed by atoms with Crippen molar-refractivity contribution >= 4 is 0 Å². The lowest BCUT2D eigenvalue weighted by Crippen LogP contribution is -2.51. The molecule has 1 fully saturated rings. The first kappa shape index (κ1) is 14.6. The molecule has 2 rings (SSSR count). The molecule has 1 aromatic heterocycles. The van der Waals surface area contributed by atoms with Gasteiger partial charge in [-0.25, -0.2) is 0 Å². The number of hydrogen-bond acceptors (Lipinski definition) is 4. The minimum absolute atomic E-state index is 0.645. The fourth-order valence-electron chi connectivity index (χ4n) is 2.91. The van der Waals surface area contributed by atoms with Crippen LogP contribution < -0.4 is 5.32 Å². The summed E-state index contributed by atoms with van der Waals surface area (Å²) in [6, 6.07) is 2.83. The van der Waals surface area contributed by atoms with Gasteiger partial charge >= 0.3 is 0 Å². The average Bonchev–Trinajstić information content (AvgIpc) is 2.70. The van der Waals surface area contributed by atoms with Gasteiger partial charge in [-0.3, -0.25) is 9.80 Å². The maximum Gasteiger partial charge on any atom is 0.120 e. The van der Waals surface area contributed by atoms with Gasteiger partial charge in [0.15, 0.2) is 0 Å². The van der Waals surface area contributed by atoms with Crippen LogP contribution in [0.3, 0.4) is 0 Å². The molecule has 4 heteroatoms. The quantitative estimate of drug-likeness (QED) is 0.880. The zero-order chi connectivity index (χ0) is 13.8. The molecule has 1 saturated heterocycles. The van der Waals surface area contributed by atoms with Crippen LogP contribution in [0.4, 0.5) is 0 Å². The topological polar surface area (TPSA) is 31.6 Å². The molecular weight excluding hydrogens is 238 g/mol. The zero-order valence-corrected chi connectivity index (χ0v) is 12.7. The van der Waals surface area contributed by atoms with Gasteiger partial charge in [-0.1, -0.05) is 6.92 Å². The van der Waals surface area contributed by atoms with Crippen molar-refractivity contribution < 1.29 is 4.42 Å². The number of aryl methyl sites for hydroxylation is 1. The molecule has 1 aromatic rings. The summed E-state index contributed by atoms with van der Waals surface area (Å²) in [7, 11) is 1.95. The van der Waals surface area contributed by atoms with E-state index in [1.54, 1.807) is 0 Å². The largest absolute Gasteiger partial charge is 0.463 e. The highest BCUT2D eigenvalue weighted by Crippen LogP contribution is 2.18. The molecule has 0 aliphatic carbocycles. The van der Waals surface area contributed by atoms with E-state index < -0.39 is 0 Å². The zero-order valence-electron chi connectivity index (χ0n) is 12.7. The van der Waals surface area contributed by atoms with E-state index in [9.17, 15) is 0 Å². The Bertz CT molecular complexity index is 402. The molecule has 4 nitrogen and oxygen atoms in total. The molecule has 0 bridgehead atoms. The monoisotopic (exact) mass is 265 g/mol. The Kier molecular flexibility index (Phi) is 5.02. The van der Waals surface area contributed by atoms with E-state index in [-0.39, 0.29) is 0 Å². The molecule has 1 aliphatic rings. The van der Waals surface area contributed by atoms with E-state index in [1.807, 2.05) is 7.05 Å². The van der Waals surface area contributed by atoms with Crippen molar-refractivity contribution in [2.75, 3.05) is 33.2 Å². The van der Waals surface area contributed by atoms with Gasteiger partial charge in [-0.2, -0.15) is 0 Å². The van der Waals surface area contributed by atoms with Gasteiger partial charge in [-0.05, 0) is 39.1 Å². The maximum absolute atomic E-state index is 5.93. The van der Waals surface area contributed by atoms with E-state index in [4.69, 9.17) is 4.42 Å². The van der Waals surface area contributed by atoms with Crippen LogP contribution >= 0.6 is 0 Å². The highest BCUT2D eigenvalue weighted by atomic mass is 16.3. The van der Waals surface area contributed by atoms with Gasteiger partial charge in [-0.15, -0.1) is 0 Å². The first-order valence-corrected chi connectivity index (χ1v) is 7.33. The minimum Gasteiger partial charge on any atom is -0.463 e.